The standard InChI is InChI=1S/C10H22O2.2C7H6O2/c1-3-5-6-9(4-2)7-8-10(11)12;2*8-7(9)6-4-2-1-3-5-6/h9-12H,3-8H2,1-2H3;2*1-5H,(H,8,9). The summed E-state index contributed by atoms with van der Waals surface area (Å²) in [5.74, 6) is -1.07. The molecule has 1 atom stereocenters. The van der Waals surface area contributed by atoms with Gasteiger partial charge in [-0.1, -0.05) is 75.9 Å². The maximum Gasteiger partial charge on any atom is 0.335 e. The van der Waals surface area contributed by atoms with E-state index in [1.165, 1.54) is 19.3 Å². The lowest BCUT2D eigenvalue weighted by atomic mass is 9.94. The minimum atomic E-state index is -1.11. The molecule has 0 aliphatic heterocycles. The molecule has 0 aromatic heterocycles. The number of aromatic carboxylic acids is 2. The van der Waals surface area contributed by atoms with Crippen LogP contribution in [0.5, 0.6) is 0 Å². The van der Waals surface area contributed by atoms with Crippen LogP contribution in [0, 0.1) is 5.92 Å². The number of carboxylic acid groups (broad SMARTS) is 2. The summed E-state index contributed by atoms with van der Waals surface area (Å²) in [6.07, 6.45) is 5.27. The Morgan fingerprint density at radius 2 is 1.17 bits per heavy atom. The first-order valence-electron chi connectivity index (χ1n) is 10.2. The molecule has 0 radical (unpaired) electrons. The Hall–Kier alpha value is -2.70. The van der Waals surface area contributed by atoms with Gasteiger partial charge in [-0.05, 0) is 43.0 Å². The van der Waals surface area contributed by atoms with Crippen molar-refractivity contribution in [2.24, 2.45) is 5.92 Å². The van der Waals surface area contributed by atoms with Crippen molar-refractivity contribution in [3.63, 3.8) is 0 Å². The van der Waals surface area contributed by atoms with Crippen molar-refractivity contribution < 1.29 is 30.0 Å². The van der Waals surface area contributed by atoms with E-state index in [9.17, 15) is 9.59 Å². The second kappa shape index (κ2) is 17.2. The number of benzene rings is 2. The van der Waals surface area contributed by atoms with Crippen molar-refractivity contribution in [3.05, 3.63) is 71.8 Å². The normalized spacial score (nSPS) is 10.8. The Bertz CT molecular complexity index is 636. The summed E-state index contributed by atoms with van der Waals surface area (Å²) in [5, 5.41) is 34.1. The molecule has 30 heavy (non-hydrogen) atoms. The summed E-state index contributed by atoms with van der Waals surface area (Å²) in [5.41, 5.74) is 0.662. The summed E-state index contributed by atoms with van der Waals surface area (Å²) in [6.45, 7) is 4.36. The van der Waals surface area contributed by atoms with Gasteiger partial charge in [-0.3, -0.25) is 0 Å². The number of carboxylic acids is 2. The van der Waals surface area contributed by atoms with E-state index in [1.807, 2.05) is 0 Å². The Morgan fingerprint density at radius 1 is 0.733 bits per heavy atom. The quantitative estimate of drug-likeness (QED) is 0.423. The molecule has 1 unspecified atom stereocenters. The number of unbranched alkanes of at least 4 members (excludes halogenated alkanes) is 1. The fraction of sp³-hybridized carbons (Fsp3) is 0.417. The van der Waals surface area contributed by atoms with Crippen LogP contribution < -0.4 is 0 Å². The van der Waals surface area contributed by atoms with Crippen molar-refractivity contribution in [1.29, 1.82) is 0 Å². The zero-order valence-corrected chi connectivity index (χ0v) is 17.8. The number of hydrogen-bond donors (Lipinski definition) is 4. The minimum Gasteiger partial charge on any atom is -0.478 e. The van der Waals surface area contributed by atoms with E-state index in [-0.39, 0.29) is 0 Å². The fourth-order valence-electron chi connectivity index (χ4n) is 2.59. The average Bonchev–Trinajstić information content (AvgIpc) is 2.76. The molecule has 2 aromatic carbocycles. The molecule has 0 aliphatic rings. The number of rotatable bonds is 9. The molecule has 0 aliphatic carbocycles. The molecule has 0 bridgehead atoms. The number of aliphatic hydroxyl groups is 2. The van der Waals surface area contributed by atoms with Crippen LogP contribution in [0.1, 0.15) is 73.1 Å². The molecule has 0 saturated heterocycles. The molecule has 0 heterocycles. The first-order valence-corrected chi connectivity index (χ1v) is 10.2. The zero-order valence-electron chi connectivity index (χ0n) is 17.8. The molecule has 0 spiro atoms. The summed E-state index contributed by atoms with van der Waals surface area (Å²) < 4.78 is 0. The maximum atomic E-state index is 10.2. The van der Waals surface area contributed by atoms with Crippen LogP contribution in [0.2, 0.25) is 0 Å². The summed E-state index contributed by atoms with van der Waals surface area (Å²) >= 11 is 0. The summed E-state index contributed by atoms with van der Waals surface area (Å²) in [7, 11) is 0. The van der Waals surface area contributed by atoms with Crippen molar-refractivity contribution in [1.82, 2.24) is 0 Å². The van der Waals surface area contributed by atoms with Gasteiger partial charge in [0.2, 0.25) is 0 Å². The first kappa shape index (κ1) is 27.3. The van der Waals surface area contributed by atoms with Gasteiger partial charge in [-0.15, -0.1) is 0 Å². The van der Waals surface area contributed by atoms with Crippen LogP contribution in [-0.4, -0.2) is 38.7 Å². The van der Waals surface area contributed by atoms with Gasteiger partial charge in [0.25, 0.3) is 0 Å². The highest BCUT2D eigenvalue weighted by Crippen LogP contribution is 2.18. The van der Waals surface area contributed by atoms with E-state index in [2.05, 4.69) is 13.8 Å². The monoisotopic (exact) mass is 418 g/mol. The van der Waals surface area contributed by atoms with Gasteiger partial charge in [0.1, 0.15) is 0 Å². The number of aliphatic hydroxyl groups excluding tert-OH is 1. The molecular weight excluding hydrogens is 384 g/mol. The lowest BCUT2D eigenvalue weighted by Gasteiger charge is -2.14. The highest BCUT2D eigenvalue weighted by molar-refractivity contribution is 5.87. The van der Waals surface area contributed by atoms with Crippen LogP contribution in [0.25, 0.3) is 0 Å². The van der Waals surface area contributed by atoms with E-state index in [0.29, 0.717) is 23.5 Å². The van der Waals surface area contributed by atoms with Crippen molar-refractivity contribution in [3.8, 4) is 0 Å². The lowest BCUT2D eigenvalue weighted by Crippen LogP contribution is -2.08. The third-order valence-corrected chi connectivity index (χ3v) is 4.42. The molecule has 0 amide bonds. The van der Waals surface area contributed by atoms with Gasteiger partial charge in [0, 0.05) is 0 Å². The summed E-state index contributed by atoms with van der Waals surface area (Å²) in [4.78, 5) is 20.4. The molecule has 4 N–H and O–H groups in total. The molecule has 6 heteroatoms. The van der Waals surface area contributed by atoms with Crippen LogP contribution in [-0.2, 0) is 0 Å². The highest BCUT2D eigenvalue weighted by Gasteiger charge is 2.07. The minimum absolute atomic E-state index is 0.331. The molecule has 6 nitrogen and oxygen atoms in total. The van der Waals surface area contributed by atoms with E-state index in [0.717, 1.165) is 12.8 Å². The molecule has 0 fully saturated rings. The second-order valence-corrected chi connectivity index (χ2v) is 6.82. The third-order valence-electron chi connectivity index (χ3n) is 4.42. The molecule has 2 aromatic rings. The second-order valence-electron chi connectivity index (χ2n) is 6.82. The van der Waals surface area contributed by atoms with Gasteiger partial charge in [-0.25, -0.2) is 9.59 Å². The molecule has 0 saturated carbocycles. The highest BCUT2D eigenvalue weighted by atomic mass is 16.5. The van der Waals surface area contributed by atoms with Gasteiger partial charge >= 0.3 is 11.9 Å². The van der Waals surface area contributed by atoms with Crippen LogP contribution >= 0.6 is 0 Å². The Balaban J connectivity index is 0.000000426. The molecule has 166 valence electrons. The molecular formula is C24H34O6. The fourth-order valence-corrected chi connectivity index (χ4v) is 2.59. The van der Waals surface area contributed by atoms with Gasteiger partial charge in [0.15, 0.2) is 6.29 Å². The lowest BCUT2D eigenvalue weighted by molar-refractivity contribution is -0.0491. The smallest absolute Gasteiger partial charge is 0.335 e. The van der Waals surface area contributed by atoms with Crippen LogP contribution in [0.4, 0.5) is 0 Å². The Morgan fingerprint density at radius 3 is 1.43 bits per heavy atom. The van der Waals surface area contributed by atoms with Gasteiger partial charge in [-0.2, -0.15) is 0 Å². The van der Waals surface area contributed by atoms with E-state index >= 15 is 0 Å². The Labute approximate surface area is 178 Å². The largest absolute Gasteiger partial charge is 0.478 e. The van der Waals surface area contributed by atoms with Crippen molar-refractivity contribution >= 4 is 11.9 Å². The van der Waals surface area contributed by atoms with E-state index < -0.39 is 18.2 Å². The number of carbonyl (C=O) groups is 2. The van der Waals surface area contributed by atoms with Crippen LogP contribution in [0.3, 0.4) is 0 Å². The summed E-state index contributed by atoms with van der Waals surface area (Å²) in [6, 6.07) is 16.6. The predicted octanol–water partition coefficient (Wildman–Crippen LogP) is 5.06. The van der Waals surface area contributed by atoms with Crippen molar-refractivity contribution in [2.45, 2.75) is 58.7 Å². The average molecular weight is 419 g/mol. The zero-order chi connectivity index (χ0) is 22.8. The van der Waals surface area contributed by atoms with E-state index in [4.69, 9.17) is 20.4 Å². The maximum absolute atomic E-state index is 10.2. The van der Waals surface area contributed by atoms with E-state index in [1.54, 1.807) is 60.7 Å². The van der Waals surface area contributed by atoms with Gasteiger partial charge in [0.05, 0.1) is 11.1 Å². The van der Waals surface area contributed by atoms with Crippen LogP contribution in [0.15, 0.2) is 60.7 Å². The topological polar surface area (TPSA) is 115 Å². The Kier molecular flexibility index (Phi) is 15.6. The first-order chi connectivity index (χ1) is 14.3. The van der Waals surface area contributed by atoms with Gasteiger partial charge < -0.3 is 20.4 Å². The SMILES string of the molecule is CCCCC(CC)CCC(O)O.O=C(O)c1ccccc1.O=C(O)c1ccccc1. The third kappa shape index (κ3) is 14.3. The predicted molar refractivity (Wildman–Crippen MR) is 118 cm³/mol. The number of hydrogen-bond acceptors (Lipinski definition) is 4. The van der Waals surface area contributed by atoms with Crippen molar-refractivity contribution in [2.75, 3.05) is 0 Å². The molecule has 2 rings (SSSR count).